The van der Waals surface area contributed by atoms with E-state index in [1.54, 1.807) is 27.7 Å². The van der Waals surface area contributed by atoms with Crippen LogP contribution in [0, 0.1) is 0 Å². The van der Waals surface area contributed by atoms with Crippen molar-refractivity contribution >= 4 is 21.9 Å². The minimum absolute atomic E-state index is 0.0456. The minimum Gasteiger partial charge on any atom is -0.466 e. The number of nitrogens with zero attached hydrogens (tertiary/aromatic N) is 1. The fraction of sp³-hybridized carbons (Fsp3) is 0.846. The lowest BCUT2D eigenvalue weighted by molar-refractivity contribution is -0.143. The molecule has 1 heterocycles. The fourth-order valence-electron chi connectivity index (χ4n) is 1.94. The SMILES string of the molecule is CCOC(=O)C[C@@H]1CN(C(=O)OC(C)(C)C)CCS1(=O)=O. The van der Waals surface area contributed by atoms with Crippen molar-refractivity contribution in [1.29, 1.82) is 0 Å². The van der Waals surface area contributed by atoms with Gasteiger partial charge in [-0.1, -0.05) is 0 Å². The second-order valence-corrected chi connectivity index (χ2v) is 8.33. The molecule has 7 nitrogen and oxygen atoms in total. The number of sulfone groups is 1. The molecule has 1 aliphatic rings. The molecule has 0 unspecified atom stereocenters. The molecule has 122 valence electrons. The normalized spacial score (nSPS) is 21.7. The molecule has 0 radical (unpaired) electrons. The van der Waals surface area contributed by atoms with Gasteiger partial charge in [0, 0.05) is 13.1 Å². The van der Waals surface area contributed by atoms with Gasteiger partial charge >= 0.3 is 12.1 Å². The quantitative estimate of drug-likeness (QED) is 0.720. The average Bonchev–Trinajstić information content (AvgIpc) is 2.29. The summed E-state index contributed by atoms with van der Waals surface area (Å²) in [5.41, 5.74) is -0.649. The van der Waals surface area contributed by atoms with Crippen LogP contribution in [-0.4, -0.2) is 61.7 Å². The van der Waals surface area contributed by atoms with Gasteiger partial charge in [-0.2, -0.15) is 0 Å². The zero-order valence-electron chi connectivity index (χ0n) is 12.9. The van der Waals surface area contributed by atoms with Crippen LogP contribution in [0.4, 0.5) is 4.79 Å². The van der Waals surface area contributed by atoms with Gasteiger partial charge < -0.3 is 14.4 Å². The molecule has 0 aromatic carbocycles. The van der Waals surface area contributed by atoms with E-state index in [0.717, 1.165) is 0 Å². The van der Waals surface area contributed by atoms with Crippen LogP contribution in [-0.2, 0) is 24.1 Å². The number of carbonyl (C=O) groups excluding carboxylic acids is 2. The number of carbonyl (C=O) groups is 2. The van der Waals surface area contributed by atoms with Gasteiger partial charge in [0.15, 0.2) is 9.84 Å². The van der Waals surface area contributed by atoms with E-state index in [9.17, 15) is 18.0 Å². The molecule has 0 N–H and O–H groups in total. The maximum Gasteiger partial charge on any atom is 0.410 e. The summed E-state index contributed by atoms with van der Waals surface area (Å²) < 4.78 is 34.0. The highest BCUT2D eigenvalue weighted by molar-refractivity contribution is 7.92. The van der Waals surface area contributed by atoms with Crippen molar-refractivity contribution in [2.24, 2.45) is 0 Å². The van der Waals surface area contributed by atoms with Crippen molar-refractivity contribution in [3.8, 4) is 0 Å². The third kappa shape index (κ3) is 5.53. The molecule has 21 heavy (non-hydrogen) atoms. The maximum atomic E-state index is 12.0. The van der Waals surface area contributed by atoms with E-state index in [-0.39, 0.29) is 31.9 Å². The largest absolute Gasteiger partial charge is 0.466 e. The molecule has 0 aliphatic carbocycles. The summed E-state index contributed by atoms with van der Waals surface area (Å²) in [6.07, 6.45) is -0.804. The first-order valence-electron chi connectivity index (χ1n) is 6.90. The molecule has 0 saturated carbocycles. The van der Waals surface area contributed by atoms with Crippen molar-refractivity contribution in [2.45, 2.75) is 45.0 Å². The molecule has 1 amide bonds. The second-order valence-electron chi connectivity index (χ2n) is 5.92. The Hall–Kier alpha value is -1.31. The highest BCUT2D eigenvalue weighted by Gasteiger charge is 2.37. The number of amides is 1. The molecule has 1 rings (SSSR count). The first-order valence-corrected chi connectivity index (χ1v) is 8.62. The number of esters is 1. The summed E-state index contributed by atoms with van der Waals surface area (Å²) in [7, 11) is -3.40. The van der Waals surface area contributed by atoms with Gasteiger partial charge in [-0.25, -0.2) is 13.2 Å². The van der Waals surface area contributed by atoms with E-state index in [1.807, 2.05) is 0 Å². The number of hydrogen-bond donors (Lipinski definition) is 0. The highest BCUT2D eigenvalue weighted by Crippen LogP contribution is 2.19. The van der Waals surface area contributed by atoms with Crippen LogP contribution in [0.3, 0.4) is 0 Å². The topological polar surface area (TPSA) is 90.0 Å². The third-order valence-electron chi connectivity index (χ3n) is 2.93. The zero-order chi connectivity index (χ0) is 16.3. The van der Waals surface area contributed by atoms with E-state index in [2.05, 4.69) is 0 Å². The van der Waals surface area contributed by atoms with Gasteiger partial charge in [0.05, 0.1) is 24.0 Å². The molecule has 0 bridgehead atoms. The third-order valence-corrected chi connectivity index (χ3v) is 5.01. The fourth-order valence-corrected chi connectivity index (χ4v) is 3.55. The van der Waals surface area contributed by atoms with Crippen LogP contribution in [0.2, 0.25) is 0 Å². The van der Waals surface area contributed by atoms with Crippen LogP contribution in [0.15, 0.2) is 0 Å². The number of hydrogen-bond acceptors (Lipinski definition) is 6. The monoisotopic (exact) mass is 321 g/mol. The van der Waals surface area contributed by atoms with Gasteiger partial charge in [-0.3, -0.25) is 4.79 Å². The summed E-state index contributed by atoms with van der Waals surface area (Å²) in [5, 5.41) is -0.933. The van der Waals surface area contributed by atoms with Crippen molar-refractivity contribution in [1.82, 2.24) is 4.90 Å². The first-order chi connectivity index (χ1) is 9.55. The lowest BCUT2D eigenvalue weighted by Gasteiger charge is -2.33. The molecule has 0 spiro atoms. The first kappa shape index (κ1) is 17.7. The predicted molar refractivity (Wildman–Crippen MR) is 76.6 cm³/mol. The Kier molecular flexibility index (Phi) is 5.61. The molecular weight excluding hydrogens is 298 g/mol. The van der Waals surface area contributed by atoms with E-state index < -0.39 is 32.8 Å². The Morgan fingerprint density at radius 2 is 1.90 bits per heavy atom. The molecule has 1 atom stereocenters. The number of ether oxygens (including phenoxy) is 2. The van der Waals surface area contributed by atoms with Crippen molar-refractivity contribution in [3.63, 3.8) is 0 Å². The molecule has 1 saturated heterocycles. The van der Waals surface area contributed by atoms with Crippen LogP contribution in [0.5, 0.6) is 0 Å². The van der Waals surface area contributed by atoms with Gasteiger partial charge in [0.2, 0.25) is 0 Å². The Bertz CT molecular complexity index is 493. The molecule has 1 fully saturated rings. The van der Waals surface area contributed by atoms with Gasteiger partial charge in [-0.05, 0) is 27.7 Å². The summed E-state index contributed by atoms with van der Waals surface area (Å²) in [6, 6.07) is 0. The van der Waals surface area contributed by atoms with E-state index in [0.29, 0.717) is 0 Å². The average molecular weight is 321 g/mol. The second kappa shape index (κ2) is 6.64. The Balaban J connectivity index is 2.73. The van der Waals surface area contributed by atoms with Crippen molar-refractivity contribution in [3.05, 3.63) is 0 Å². The molecule has 8 heteroatoms. The Morgan fingerprint density at radius 1 is 1.29 bits per heavy atom. The van der Waals surface area contributed by atoms with E-state index in [1.165, 1.54) is 4.90 Å². The predicted octanol–water partition coefficient (Wildman–Crippen LogP) is 0.974. The van der Waals surface area contributed by atoms with Crippen LogP contribution < -0.4 is 0 Å². The lowest BCUT2D eigenvalue weighted by atomic mass is 10.2. The minimum atomic E-state index is -3.40. The van der Waals surface area contributed by atoms with E-state index >= 15 is 0 Å². The van der Waals surface area contributed by atoms with Crippen LogP contribution >= 0.6 is 0 Å². The van der Waals surface area contributed by atoms with E-state index in [4.69, 9.17) is 9.47 Å². The van der Waals surface area contributed by atoms with Crippen molar-refractivity contribution in [2.75, 3.05) is 25.4 Å². The molecule has 1 aliphatic heterocycles. The summed E-state index contributed by atoms with van der Waals surface area (Å²) in [5.74, 6) is -0.742. The van der Waals surface area contributed by atoms with Crippen molar-refractivity contribution < 1.29 is 27.5 Å². The summed E-state index contributed by atoms with van der Waals surface area (Å²) in [4.78, 5) is 24.8. The Labute approximate surface area is 125 Å². The van der Waals surface area contributed by atoms with Crippen LogP contribution in [0.25, 0.3) is 0 Å². The molecule has 0 aromatic rings. The van der Waals surface area contributed by atoms with Gasteiger partial charge in [0.1, 0.15) is 5.60 Å². The van der Waals surface area contributed by atoms with Gasteiger partial charge in [0.25, 0.3) is 0 Å². The lowest BCUT2D eigenvalue weighted by Crippen LogP contribution is -2.51. The molecular formula is C13H23NO6S. The summed E-state index contributed by atoms with van der Waals surface area (Å²) >= 11 is 0. The highest BCUT2D eigenvalue weighted by atomic mass is 32.2. The maximum absolute atomic E-state index is 12.0. The summed E-state index contributed by atoms with van der Waals surface area (Å²) in [6.45, 7) is 7.10. The van der Waals surface area contributed by atoms with Gasteiger partial charge in [-0.15, -0.1) is 0 Å². The zero-order valence-corrected chi connectivity index (χ0v) is 13.7. The standard InChI is InChI=1S/C13H23NO6S/c1-5-19-11(15)8-10-9-14(6-7-21(10,17)18)12(16)20-13(2,3)4/h10H,5-9H2,1-4H3/t10-/m1/s1. The number of rotatable bonds is 3. The van der Waals surface area contributed by atoms with Crippen LogP contribution in [0.1, 0.15) is 34.1 Å². The molecule has 0 aromatic heterocycles. The smallest absolute Gasteiger partial charge is 0.410 e. The Morgan fingerprint density at radius 3 is 2.43 bits per heavy atom.